The van der Waals surface area contributed by atoms with Crippen molar-refractivity contribution in [2.24, 2.45) is 5.73 Å². The van der Waals surface area contributed by atoms with Crippen molar-refractivity contribution in [1.29, 1.82) is 0 Å². The molecule has 3 aromatic rings. The van der Waals surface area contributed by atoms with E-state index in [0.717, 1.165) is 6.54 Å². The van der Waals surface area contributed by atoms with Crippen molar-refractivity contribution in [1.82, 2.24) is 0 Å². The van der Waals surface area contributed by atoms with Gasteiger partial charge in [-0.1, -0.05) is 86.7 Å². The lowest BCUT2D eigenvalue weighted by atomic mass is 10.1. The number of hydrogen-bond acceptors (Lipinski definition) is 1. The Morgan fingerprint density at radius 1 is 0.433 bits per heavy atom. The van der Waals surface area contributed by atoms with E-state index in [4.69, 9.17) is 5.73 Å². The summed E-state index contributed by atoms with van der Waals surface area (Å²) in [6.07, 6.45) is 11.7. The van der Waals surface area contributed by atoms with Gasteiger partial charge < -0.3 is 5.73 Å². The molecule has 0 amide bonds. The zero-order valence-electron chi connectivity index (χ0n) is 18.3. The summed E-state index contributed by atoms with van der Waals surface area (Å²) in [5.74, 6) is 0. The van der Waals surface area contributed by atoms with Gasteiger partial charge in [0.2, 0.25) is 0 Å². The summed E-state index contributed by atoms with van der Waals surface area (Å²) in [4.78, 5) is 0. The monoisotopic (exact) mass is 418 g/mol. The average Bonchev–Trinajstić information content (AvgIpc) is 2.82. The Kier molecular flexibility index (Phi) is 9.61. The Labute approximate surface area is 184 Å². The van der Waals surface area contributed by atoms with Crippen LogP contribution in [0.15, 0.2) is 91.0 Å². The molecule has 3 rings (SSSR count). The van der Waals surface area contributed by atoms with Crippen LogP contribution in [0.3, 0.4) is 0 Å². The van der Waals surface area contributed by atoms with Crippen molar-refractivity contribution in [2.45, 2.75) is 51.4 Å². The second kappa shape index (κ2) is 12.7. The molecule has 0 atom stereocenters. The van der Waals surface area contributed by atoms with E-state index in [9.17, 15) is 0 Å². The van der Waals surface area contributed by atoms with Crippen LogP contribution in [-0.4, -0.2) is 12.7 Å². The van der Waals surface area contributed by atoms with E-state index in [0.29, 0.717) is 0 Å². The average molecular weight is 419 g/mol. The van der Waals surface area contributed by atoms with Gasteiger partial charge in [0.25, 0.3) is 0 Å². The third-order valence-electron chi connectivity index (χ3n) is 6.04. The van der Waals surface area contributed by atoms with Crippen LogP contribution in [0.25, 0.3) is 0 Å². The van der Waals surface area contributed by atoms with Gasteiger partial charge in [0, 0.05) is 0 Å². The number of rotatable bonds is 13. The maximum absolute atomic E-state index is 5.60. The fraction of sp³-hybridized carbons (Fsp3) is 0.357. The van der Waals surface area contributed by atoms with E-state index >= 15 is 0 Å². The third-order valence-corrected chi connectivity index (χ3v) is 10.6. The molecule has 2 heteroatoms. The molecule has 0 aliphatic rings. The molecule has 0 fully saturated rings. The summed E-state index contributed by atoms with van der Waals surface area (Å²) in [5, 5.41) is 4.51. The standard InChI is InChI=1S/C28H37NP/c29-24-16-5-3-1-2-4-6-17-25-30(26-18-10-7-11-19-26,27-20-12-8-13-21-27)28-22-14-9-15-23-28/h7-15,18-23H,1-6,16-17,24-25,29H2/q+1. The van der Waals surface area contributed by atoms with Gasteiger partial charge in [-0.15, -0.1) is 0 Å². The molecule has 0 aliphatic carbocycles. The molecule has 0 bridgehead atoms. The molecule has 0 heterocycles. The number of hydrogen-bond donors (Lipinski definition) is 1. The van der Waals surface area contributed by atoms with Crippen LogP contribution < -0.4 is 21.6 Å². The number of benzene rings is 3. The molecule has 1 nitrogen and oxygen atoms in total. The van der Waals surface area contributed by atoms with E-state index < -0.39 is 7.26 Å². The first-order valence-electron chi connectivity index (χ1n) is 11.6. The van der Waals surface area contributed by atoms with E-state index in [2.05, 4.69) is 91.0 Å². The SMILES string of the molecule is NCCCCCCCCCC[P+](c1ccccc1)(c1ccccc1)c1ccccc1. The van der Waals surface area contributed by atoms with Gasteiger partial charge in [-0.05, 0) is 62.2 Å². The van der Waals surface area contributed by atoms with E-state index in [-0.39, 0.29) is 0 Å². The molecule has 2 N–H and O–H groups in total. The van der Waals surface area contributed by atoms with Crippen molar-refractivity contribution >= 4 is 23.2 Å². The zero-order valence-corrected chi connectivity index (χ0v) is 19.2. The van der Waals surface area contributed by atoms with Crippen molar-refractivity contribution in [2.75, 3.05) is 12.7 Å². The van der Waals surface area contributed by atoms with Gasteiger partial charge in [-0.3, -0.25) is 0 Å². The maximum Gasteiger partial charge on any atom is 0.112 e. The summed E-state index contributed by atoms with van der Waals surface area (Å²) in [6.45, 7) is 0.838. The first-order valence-corrected chi connectivity index (χ1v) is 13.6. The summed E-state index contributed by atoms with van der Waals surface area (Å²) in [7, 11) is -1.64. The molecular formula is C28H37NP+. The predicted octanol–water partition coefficient (Wildman–Crippen LogP) is 6.06. The van der Waals surface area contributed by atoms with Gasteiger partial charge in [0.15, 0.2) is 0 Å². The Morgan fingerprint density at radius 2 is 0.767 bits per heavy atom. The highest BCUT2D eigenvalue weighted by molar-refractivity contribution is 7.95. The number of nitrogens with two attached hydrogens (primary N) is 1. The number of unbranched alkanes of at least 4 members (excludes halogenated alkanes) is 7. The highest BCUT2D eigenvalue weighted by Gasteiger charge is 2.44. The van der Waals surface area contributed by atoms with Crippen LogP contribution in [-0.2, 0) is 0 Å². The molecule has 0 unspecified atom stereocenters. The quantitative estimate of drug-likeness (QED) is 0.265. The van der Waals surface area contributed by atoms with Gasteiger partial charge in [-0.25, -0.2) is 0 Å². The molecule has 30 heavy (non-hydrogen) atoms. The minimum Gasteiger partial charge on any atom is -0.330 e. The van der Waals surface area contributed by atoms with Crippen LogP contribution in [0, 0.1) is 0 Å². The largest absolute Gasteiger partial charge is 0.330 e. The van der Waals surface area contributed by atoms with Crippen molar-refractivity contribution in [3.63, 3.8) is 0 Å². The lowest BCUT2D eigenvalue weighted by Crippen LogP contribution is -2.33. The van der Waals surface area contributed by atoms with Gasteiger partial charge in [0.05, 0.1) is 6.16 Å². The van der Waals surface area contributed by atoms with Crippen LogP contribution in [0.5, 0.6) is 0 Å². The van der Waals surface area contributed by atoms with E-state index in [1.54, 1.807) is 0 Å². The zero-order chi connectivity index (χ0) is 20.9. The minimum atomic E-state index is -1.64. The Morgan fingerprint density at radius 3 is 1.13 bits per heavy atom. The van der Waals surface area contributed by atoms with Crippen molar-refractivity contribution < 1.29 is 0 Å². The molecule has 0 aliphatic heterocycles. The fourth-order valence-corrected chi connectivity index (χ4v) is 8.85. The van der Waals surface area contributed by atoms with Gasteiger partial charge in [-0.2, -0.15) is 0 Å². The van der Waals surface area contributed by atoms with Crippen molar-refractivity contribution in [3.05, 3.63) is 91.0 Å². The summed E-state index contributed by atoms with van der Waals surface area (Å²) < 4.78 is 0. The molecule has 0 saturated heterocycles. The second-order valence-corrected chi connectivity index (χ2v) is 11.8. The molecule has 0 aromatic heterocycles. The molecule has 3 aromatic carbocycles. The normalized spacial score (nSPS) is 11.5. The fourth-order valence-electron chi connectivity index (χ4n) is 4.44. The molecule has 0 saturated carbocycles. The highest BCUT2D eigenvalue weighted by atomic mass is 31.2. The van der Waals surface area contributed by atoms with E-state index in [1.165, 1.54) is 73.4 Å². The Bertz CT molecular complexity index is 720. The van der Waals surface area contributed by atoms with E-state index in [1.807, 2.05) is 0 Å². The highest BCUT2D eigenvalue weighted by Crippen LogP contribution is 2.55. The lowest BCUT2D eigenvalue weighted by Gasteiger charge is -2.27. The smallest absolute Gasteiger partial charge is 0.112 e. The van der Waals surface area contributed by atoms with Crippen LogP contribution >= 0.6 is 7.26 Å². The topological polar surface area (TPSA) is 26.0 Å². The van der Waals surface area contributed by atoms with Crippen molar-refractivity contribution in [3.8, 4) is 0 Å². The summed E-state index contributed by atoms with van der Waals surface area (Å²) in [5.41, 5.74) is 5.60. The molecular weight excluding hydrogens is 381 g/mol. The predicted molar refractivity (Wildman–Crippen MR) is 136 cm³/mol. The minimum absolute atomic E-state index is 0.838. The Balaban J connectivity index is 1.77. The first kappa shape index (κ1) is 22.7. The Hall–Kier alpha value is -1.95. The first-order chi connectivity index (χ1) is 14.9. The summed E-state index contributed by atoms with van der Waals surface area (Å²) >= 11 is 0. The van der Waals surface area contributed by atoms with Gasteiger partial charge in [0.1, 0.15) is 23.2 Å². The molecule has 0 radical (unpaired) electrons. The third kappa shape index (κ3) is 6.03. The van der Waals surface area contributed by atoms with Crippen LogP contribution in [0.4, 0.5) is 0 Å². The van der Waals surface area contributed by atoms with Crippen LogP contribution in [0.1, 0.15) is 51.4 Å². The molecule has 158 valence electrons. The van der Waals surface area contributed by atoms with Gasteiger partial charge >= 0.3 is 0 Å². The maximum atomic E-state index is 5.60. The molecule has 0 spiro atoms. The van der Waals surface area contributed by atoms with Crippen LogP contribution in [0.2, 0.25) is 0 Å². The lowest BCUT2D eigenvalue weighted by molar-refractivity contribution is 0.579. The second-order valence-electron chi connectivity index (χ2n) is 8.16. The summed E-state index contributed by atoms with van der Waals surface area (Å²) in [6, 6.07) is 33.8.